The van der Waals surface area contributed by atoms with Gasteiger partial charge in [0.25, 0.3) is 0 Å². The molecule has 0 amide bonds. The van der Waals surface area contributed by atoms with Crippen molar-refractivity contribution >= 4 is 31.6 Å². The van der Waals surface area contributed by atoms with Gasteiger partial charge in [-0.15, -0.1) is 0 Å². The molecule has 1 fully saturated rings. The Labute approximate surface area is 129 Å². The number of nitrogens with one attached hydrogen (secondary N) is 1. The number of anilines is 1. The molecule has 1 saturated carbocycles. The van der Waals surface area contributed by atoms with Crippen LogP contribution in [0.2, 0.25) is 0 Å². The number of nitrogen functional groups attached to an aromatic ring is 1. The summed E-state index contributed by atoms with van der Waals surface area (Å²) < 4.78 is 28.3. The Balaban J connectivity index is 2.12. The summed E-state index contributed by atoms with van der Waals surface area (Å²) in [6.45, 7) is 4.45. The van der Waals surface area contributed by atoms with Gasteiger partial charge in [0.05, 0.1) is 5.69 Å². The monoisotopic (exact) mass is 360 g/mol. The quantitative estimate of drug-likeness (QED) is 0.812. The van der Waals surface area contributed by atoms with Crippen molar-refractivity contribution in [1.29, 1.82) is 0 Å². The van der Waals surface area contributed by atoms with Crippen molar-refractivity contribution < 1.29 is 8.42 Å². The average Bonchev–Trinajstić information content (AvgIpc) is 2.31. The minimum atomic E-state index is -3.54. The Morgan fingerprint density at radius 1 is 1.30 bits per heavy atom. The van der Waals surface area contributed by atoms with Crippen molar-refractivity contribution in [1.82, 2.24) is 4.72 Å². The lowest BCUT2D eigenvalue weighted by Crippen LogP contribution is -2.39. The minimum absolute atomic E-state index is 0.0103. The third kappa shape index (κ3) is 3.74. The van der Waals surface area contributed by atoms with Crippen LogP contribution in [0, 0.1) is 5.41 Å². The van der Waals surface area contributed by atoms with E-state index >= 15 is 0 Å². The Bertz CT molecular complexity index is 589. The molecule has 0 atom stereocenters. The van der Waals surface area contributed by atoms with Crippen LogP contribution in [-0.2, 0) is 10.0 Å². The van der Waals surface area contributed by atoms with Crippen molar-refractivity contribution in [2.24, 2.45) is 5.41 Å². The molecule has 1 aromatic carbocycles. The number of benzene rings is 1. The van der Waals surface area contributed by atoms with E-state index < -0.39 is 10.0 Å². The van der Waals surface area contributed by atoms with E-state index in [4.69, 9.17) is 5.73 Å². The third-order valence-corrected chi connectivity index (χ3v) is 6.01. The molecule has 6 heteroatoms. The molecule has 112 valence electrons. The summed E-state index contributed by atoms with van der Waals surface area (Å²) >= 11 is 3.28. The van der Waals surface area contributed by atoms with Crippen LogP contribution < -0.4 is 10.5 Å². The first-order chi connectivity index (χ1) is 9.20. The van der Waals surface area contributed by atoms with E-state index in [2.05, 4.69) is 34.5 Å². The lowest BCUT2D eigenvalue weighted by molar-refractivity contribution is 0.218. The van der Waals surface area contributed by atoms with Gasteiger partial charge in [-0.1, -0.05) is 29.8 Å². The van der Waals surface area contributed by atoms with Crippen molar-refractivity contribution in [3.63, 3.8) is 0 Å². The lowest BCUT2D eigenvalue weighted by Gasteiger charge is -2.34. The molecule has 2 rings (SSSR count). The molecule has 0 radical (unpaired) electrons. The molecule has 0 aliphatic heterocycles. The Kier molecular flexibility index (Phi) is 4.47. The van der Waals surface area contributed by atoms with Crippen LogP contribution in [0.5, 0.6) is 0 Å². The number of sulfonamides is 1. The molecule has 1 aromatic rings. The Hall–Kier alpha value is -0.590. The largest absolute Gasteiger partial charge is 0.398 e. The average molecular weight is 361 g/mol. The van der Waals surface area contributed by atoms with Gasteiger partial charge in [0.15, 0.2) is 0 Å². The molecule has 0 saturated heterocycles. The molecular weight excluding hydrogens is 340 g/mol. The minimum Gasteiger partial charge on any atom is -0.398 e. The highest BCUT2D eigenvalue weighted by molar-refractivity contribution is 9.10. The van der Waals surface area contributed by atoms with Crippen LogP contribution in [0.1, 0.15) is 39.5 Å². The van der Waals surface area contributed by atoms with Crippen LogP contribution in [-0.4, -0.2) is 14.5 Å². The molecule has 1 aliphatic carbocycles. The summed E-state index contributed by atoms with van der Waals surface area (Å²) in [5, 5.41) is 0. The summed E-state index contributed by atoms with van der Waals surface area (Å²) in [5.41, 5.74) is 6.39. The number of hydrogen-bond acceptors (Lipinski definition) is 3. The van der Waals surface area contributed by atoms with Crippen LogP contribution in [0.15, 0.2) is 27.6 Å². The van der Waals surface area contributed by atoms with Crippen molar-refractivity contribution in [3.8, 4) is 0 Å². The van der Waals surface area contributed by atoms with E-state index in [-0.39, 0.29) is 16.6 Å². The van der Waals surface area contributed by atoms with E-state index in [0.29, 0.717) is 5.41 Å². The zero-order chi connectivity index (χ0) is 15.0. The second kappa shape index (κ2) is 5.66. The summed E-state index contributed by atoms with van der Waals surface area (Å²) in [6.07, 6.45) is 3.83. The summed E-state index contributed by atoms with van der Waals surface area (Å²) in [5.74, 6) is 0. The highest BCUT2D eigenvalue weighted by Crippen LogP contribution is 2.35. The van der Waals surface area contributed by atoms with Crippen LogP contribution in [0.3, 0.4) is 0 Å². The topological polar surface area (TPSA) is 72.2 Å². The fourth-order valence-corrected chi connectivity index (χ4v) is 4.36. The number of halogens is 1. The lowest BCUT2D eigenvalue weighted by atomic mass is 9.76. The first-order valence-electron chi connectivity index (χ1n) is 6.77. The summed E-state index contributed by atoms with van der Waals surface area (Å²) in [4.78, 5) is 0.158. The molecule has 0 heterocycles. The zero-order valence-corrected chi connectivity index (χ0v) is 14.2. The molecule has 20 heavy (non-hydrogen) atoms. The van der Waals surface area contributed by atoms with Gasteiger partial charge in [-0.25, -0.2) is 13.1 Å². The highest BCUT2D eigenvalue weighted by atomic mass is 79.9. The Morgan fingerprint density at radius 3 is 2.45 bits per heavy atom. The van der Waals surface area contributed by atoms with Gasteiger partial charge >= 0.3 is 0 Å². The fourth-order valence-electron chi connectivity index (χ4n) is 2.56. The molecule has 0 bridgehead atoms. The number of hydrogen-bond donors (Lipinski definition) is 2. The van der Waals surface area contributed by atoms with Gasteiger partial charge in [-0.05, 0) is 49.3 Å². The standard InChI is InChI=1S/C14H21BrN2O2S/c1-14(2)7-5-11(6-8-14)17-20(18,19)13-4-3-10(15)9-12(13)16/h3-4,9,11,17H,5-8,16H2,1-2H3. The third-order valence-electron chi connectivity index (χ3n) is 3.92. The van der Waals surface area contributed by atoms with Gasteiger partial charge in [-0.3, -0.25) is 0 Å². The van der Waals surface area contributed by atoms with Crippen molar-refractivity contribution in [3.05, 3.63) is 22.7 Å². The van der Waals surface area contributed by atoms with Crippen molar-refractivity contribution in [2.45, 2.75) is 50.5 Å². The second-order valence-electron chi connectivity index (χ2n) is 6.24. The molecular formula is C14H21BrN2O2S. The van der Waals surface area contributed by atoms with Gasteiger partial charge in [-0.2, -0.15) is 0 Å². The SMILES string of the molecule is CC1(C)CCC(NS(=O)(=O)c2ccc(Br)cc2N)CC1. The molecule has 0 aromatic heterocycles. The highest BCUT2D eigenvalue weighted by Gasteiger charge is 2.30. The summed E-state index contributed by atoms with van der Waals surface area (Å²) in [6, 6.07) is 4.85. The van der Waals surface area contributed by atoms with E-state index in [9.17, 15) is 8.42 Å². The maximum atomic E-state index is 12.4. The van der Waals surface area contributed by atoms with Crippen molar-refractivity contribution in [2.75, 3.05) is 5.73 Å². The number of rotatable bonds is 3. The zero-order valence-electron chi connectivity index (χ0n) is 11.8. The predicted molar refractivity (Wildman–Crippen MR) is 84.9 cm³/mol. The first kappa shape index (κ1) is 15.8. The van der Waals surface area contributed by atoms with Crippen LogP contribution >= 0.6 is 15.9 Å². The molecule has 4 nitrogen and oxygen atoms in total. The smallest absolute Gasteiger partial charge is 0.242 e. The van der Waals surface area contributed by atoms with E-state index in [1.54, 1.807) is 12.1 Å². The predicted octanol–water partition coefficient (Wildman–Crippen LogP) is 3.28. The molecule has 0 spiro atoms. The van der Waals surface area contributed by atoms with Gasteiger partial charge in [0.1, 0.15) is 4.90 Å². The normalized spacial score (nSPS) is 19.9. The molecule has 3 N–H and O–H groups in total. The van der Waals surface area contributed by atoms with E-state index in [0.717, 1.165) is 30.2 Å². The van der Waals surface area contributed by atoms with Gasteiger partial charge in [0, 0.05) is 10.5 Å². The maximum absolute atomic E-state index is 12.4. The first-order valence-corrected chi connectivity index (χ1v) is 9.05. The maximum Gasteiger partial charge on any atom is 0.242 e. The number of nitrogens with two attached hydrogens (primary N) is 1. The Morgan fingerprint density at radius 2 is 1.90 bits per heavy atom. The van der Waals surface area contributed by atoms with Gasteiger partial charge in [0.2, 0.25) is 10.0 Å². The van der Waals surface area contributed by atoms with Crippen LogP contribution in [0.25, 0.3) is 0 Å². The summed E-state index contributed by atoms with van der Waals surface area (Å²) in [7, 11) is -3.54. The van der Waals surface area contributed by atoms with Crippen LogP contribution in [0.4, 0.5) is 5.69 Å². The fraction of sp³-hybridized carbons (Fsp3) is 0.571. The van der Waals surface area contributed by atoms with Gasteiger partial charge < -0.3 is 5.73 Å². The van der Waals surface area contributed by atoms with E-state index in [1.807, 2.05) is 0 Å². The molecule has 1 aliphatic rings. The second-order valence-corrected chi connectivity index (χ2v) is 8.84. The molecule has 0 unspecified atom stereocenters. The van der Waals surface area contributed by atoms with E-state index in [1.165, 1.54) is 6.07 Å².